The molecule has 0 rings (SSSR count). The third-order valence-electron chi connectivity index (χ3n) is 2.42. The fraction of sp³-hybridized carbons (Fsp3) is 0.688. The lowest BCUT2D eigenvalue weighted by atomic mass is 10.2. The van der Waals surface area contributed by atoms with Gasteiger partial charge in [-0.25, -0.2) is 4.79 Å². The fourth-order valence-corrected chi connectivity index (χ4v) is 1.52. The monoisotopic (exact) mass is 327 g/mol. The van der Waals surface area contributed by atoms with Crippen molar-refractivity contribution in [1.29, 1.82) is 0 Å². The number of amides is 3. The average Bonchev–Trinajstić information content (AvgIpc) is 2.35. The second-order valence-electron chi connectivity index (χ2n) is 6.39. The van der Waals surface area contributed by atoms with Crippen molar-refractivity contribution in [1.82, 2.24) is 16.0 Å². The minimum atomic E-state index is -0.553. The maximum Gasteiger partial charge on any atom is 0.407 e. The SMILES string of the molecule is CC(C)=CC(=O)NCCCNC(=O)CCNC(=O)OC(C)(C)C. The van der Waals surface area contributed by atoms with Gasteiger partial charge in [-0.1, -0.05) is 5.57 Å². The Morgan fingerprint density at radius 2 is 1.57 bits per heavy atom. The molecule has 0 spiro atoms. The van der Waals surface area contributed by atoms with Gasteiger partial charge in [0.05, 0.1) is 0 Å². The van der Waals surface area contributed by atoms with E-state index in [4.69, 9.17) is 4.74 Å². The molecule has 3 N–H and O–H groups in total. The van der Waals surface area contributed by atoms with Gasteiger partial charge in [-0.2, -0.15) is 0 Å². The van der Waals surface area contributed by atoms with Crippen molar-refractivity contribution in [3.63, 3.8) is 0 Å². The van der Waals surface area contributed by atoms with Gasteiger partial charge in [0.25, 0.3) is 0 Å². The summed E-state index contributed by atoms with van der Waals surface area (Å²) in [5, 5.41) is 7.97. The lowest BCUT2D eigenvalue weighted by Crippen LogP contribution is -2.35. The van der Waals surface area contributed by atoms with Crippen LogP contribution in [-0.4, -0.2) is 43.1 Å². The van der Waals surface area contributed by atoms with E-state index in [-0.39, 0.29) is 24.8 Å². The Labute approximate surface area is 138 Å². The van der Waals surface area contributed by atoms with Gasteiger partial charge >= 0.3 is 6.09 Å². The van der Waals surface area contributed by atoms with Crippen molar-refractivity contribution in [2.45, 2.75) is 53.1 Å². The van der Waals surface area contributed by atoms with Gasteiger partial charge in [0.2, 0.25) is 11.8 Å². The third kappa shape index (κ3) is 14.6. The Balaban J connectivity index is 3.64. The molecule has 0 fully saturated rings. The van der Waals surface area contributed by atoms with Crippen LogP contribution in [0.15, 0.2) is 11.6 Å². The van der Waals surface area contributed by atoms with Crippen molar-refractivity contribution >= 4 is 17.9 Å². The van der Waals surface area contributed by atoms with E-state index in [0.29, 0.717) is 19.5 Å². The van der Waals surface area contributed by atoms with E-state index in [1.807, 2.05) is 13.8 Å². The van der Waals surface area contributed by atoms with E-state index in [2.05, 4.69) is 16.0 Å². The molecule has 0 bridgehead atoms. The van der Waals surface area contributed by atoms with Crippen LogP contribution in [0.2, 0.25) is 0 Å². The minimum Gasteiger partial charge on any atom is -0.444 e. The maximum absolute atomic E-state index is 11.6. The first-order valence-electron chi connectivity index (χ1n) is 7.76. The van der Waals surface area contributed by atoms with Crippen LogP contribution < -0.4 is 16.0 Å². The molecule has 0 heterocycles. The Bertz CT molecular complexity index is 435. The predicted octanol–water partition coefficient (Wildman–Crippen LogP) is 1.49. The molecule has 0 unspecified atom stereocenters. The van der Waals surface area contributed by atoms with E-state index in [1.54, 1.807) is 20.8 Å². The van der Waals surface area contributed by atoms with E-state index < -0.39 is 11.7 Å². The molecule has 0 aromatic rings. The summed E-state index contributed by atoms with van der Waals surface area (Å²) in [6.45, 7) is 10.2. The highest BCUT2D eigenvalue weighted by molar-refractivity contribution is 5.87. The summed E-state index contributed by atoms with van der Waals surface area (Å²) in [6.07, 6.45) is 1.82. The zero-order chi connectivity index (χ0) is 17.9. The molecule has 0 aromatic heterocycles. The van der Waals surface area contributed by atoms with Crippen molar-refractivity contribution in [3.05, 3.63) is 11.6 Å². The van der Waals surface area contributed by atoms with Crippen LogP contribution in [0.4, 0.5) is 4.79 Å². The molecule has 132 valence electrons. The Morgan fingerprint density at radius 1 is 0.957 bits per heavy atom. The highest BCUT2D eigenvalue weighted by Gasteiger charge is 2.15. The fourth-order valence-electron chi connectivity index (χ4n) is 1.52. The largest absolute Gasteiger partial charge is 0.444 e. The number of hydrogen-bond donors (Lipinski definition) is 3. The van der Waals surface area contributed by atoms with Crippen molar-refractivity contribution < 1.29 is 19.1 Å². The Hall–Kier alpha value is -2.05. The molecule has 0 saturated carbocycles. The minimum absolute atomic E-state index is 0.127. The summed E-state index contributed by atoms with van der Waals surface area (Å²) < 4.78 is 5.06. The van der Waals surface area contributed by atoms with Crippen LogP contribution in [0.1, 0.15) is 47.5 Å². The molecule has 7 heteroatoms. The smallest absolute Gasteiger partial charge is 0.407 e. The molecular formula is C16H29N3O4. The van der Waals surface area contributed by atoms with Gasteiger partial charge < -0.3 is 20.7 Å². The molecule has 23 heavy (non-hydrogen) atoms. The van der Waals surface area contributed by atoms with Crippen LogP contribution in [0.5, 0.6) is 0 Å². The molecule has 0 atom stereocenters. The molecule has 0 aliphatic rings. The molecule has 3 amide bonds. The van der Waals surface area contributed by atoms with Crippen LogP contribution in [0, 0.1) is 0 Å². The van der Waals surface area contributed by atoms with Gasteiger partial charge in [0, 0.05) is 32.1 Å². The maximum atomic E-state index is 11.6. The average molecular weight is 327 g/mol. The number of ether oxygens (including phenoxy) is 1. The molecule has 0 saturated heterocycles. The first-order valence-corrected chi connectivity index (χ1v) is 7.76. The molecule has 0 radical (unpaired) electrons. The second-order valence-corrected chi connectivity index (χ2v) is 6.39. The lowest BCUT2D eigenvalue weighted by molar-refractivity contribution is -0.120. The van der Waals surface area contributed by atoms with Crippen molar-refractivity contribution in [3.8, 4) is 0 Å². The highest BCUT2D eigenvalue weighted by Crippen LogP contribution is 2.06. The van der Waals surface area contributed by atoms with Gasteiger partial charge in [-0.15, -0.1) is 0 Å². The number of rotatable bonds is 8. The molecule has 0 aliphatic carbocycles. The summed E-state index contributed by atoms with van der Waals surface area (Å²) >= 11 is 0. The van der Waals surface area contributed by atoms with Gasteiger partial charge in [0.1, 0.15) is 5.60 Å². The standard InChI is InChI=1S/C16H29N3O4/c1-12(2)11-14(21)18-9-6-8-17-13(20)7-10-19-15(22)23-16(3,4)5/h11H,6-10H2,1-5H3,(H,17,20)(H,18,21)(H,19,22). The topological polar surface area (TPSA) is 96.5 Å². The van der Waals surface area contributed by atoms with Gasteiger partial charge in [0.15, 0.2) is 0 Å². The predicted molar refractivity (Wildman–Crippen MR) is 88.9 cm³/mol. The summed E-state index contributed by atoms with van der Waals surface area (Å²) in [7, 11) is 0. The van der Waals surface area contributed by atoms with E-state index >= 15 is 0 Å². The zero-order valence-corrected chi connectivity index (χ0v) is 14.7. The molecular weight excluding hydrogens is 298 g/mol. The van der Waals surface area contributed by atoms with Gasteiger partial charge in [-0.3, -0.25) is 9.59 Å². The van der Waals surface area contributed by atoms with Crippen LogP contribution in [0.3, 0.4) is 0 Å². The third-order valence-corrected chi connectivity index (χ3v) is 2.42. The van der Waals surface area contributed by atoms with Crippen molar-refractivity contribution in [2.24, 2.45) is 0 Å². The highest BCUT2D eigenvalue weighted by atomic mass is 16.6. The van der Waals surface area contributed by atoms with Gasteiger partial charge in [-0.05, 0) is 41.0 Å². The van der Waals surface area contributed by atoms with E-state index in [9.17, 15) is 14.4 Å². The number of carbonyl (C=O) groups excluding carboxylic acids is 3. The normalized spacial score (nSPS) is 10.5. The van der Waals surface area contributed by atoms with E-state index in [0.717, 1.165) is 5.57 Å². The summed E-state index contributed by atoms with van der Waals surface area (Å²) in [6, 6.07) is 0. The number of alkyl carbamates (subject to hydrolysis) is 1. The van der Waals surface area contributed by atoms with Crippen LogP contribution in [-0.2, 0) is 14.3 Å². The Kier molecular flexibility index (Phi) is 9.69. The Morgan fingerprint density at radius 3 is 2.13 bits per heavy atom. The summed E-state index contributed by atoms with van der Waals surface area (Å²) in [4.78, 5) is 34.2. The van der Waals surface area contributed by atoms with E-state index in [1.165, 1.54) is 6.08 Å². The zero-order valence-electron chi connectivity index (χ0n) is 14.7. The number of allylic oxidation sites excluding steroid dienone is 1. The molecule has 0 aromatic carbocycles. The lowest BCUT2D eigenvalue weighted by Gasteiger charge is -2.19. The quantitative estimate of drug-likeness (QED) is 0.465. The number of hydrogen-bond acceptors (Lipinski definition) is 4. The summed E-state index contributed by atoms with van der Waals surface area (Å²) in [5.74, 6) is -0.283. The molecule has 7 nitrogen and oxygen atoms in total. The molecule has 0 aliphatic heterocycles. The first kappa shape index (κ1) is 20.9. The first-order chi connectivity index (χ1) is 10.6. The van der Waals surface area contributed by atoms with Crippen molar-refractivity contribution in [2.75, 3.05) is 19.6 Å². The van der Waals surface area contributed by atoms with Crippen LogP contribution in [0.25, 0.3) is 0 Å². The number of nitrogens with one attached hydrogen (secondary N) is 3. The summed E-state index contributed by atoms with van der Waals surface area (Å²) in [5.41, 5.74) is 0.385. The second kappa shape index (κ2) is 10.6. The van der Waals surface area contributed by atoms with Crippen LogP contribution >= 0.6 is 0 Å². The number of carbonyl (C=O) groups is 3.